The standard InChI is InChI=1S/C10H18O3SSi/c1-4-11-15(12-5-2,13-6-3)10-7-8-14-9-10/h7-9H,4-6H2,1-3H3. The summed E-state index contributed by atoms with van der Waals surface area (Å²) in [6.07, 6.45) is 0. The Kier molecular flexibility index (Phi) is 5.48. The maximum Gasteiger partial charge on any atom is 0.538 e. The monoisotopic (exact) mass is 246 g/mol. The minimum atomic E-state index is -2.61. The van der Waals surface area contributed by atoms with Gasteiger partial charge in [-0.3, -0.25) is 0 Å². The van der Waals surface area contributed by atoms with Crippen LogP contribution in [0.1, 0.15) is 20.8 Å². The van der Waals surface area contributed by atoms with Crippen LogP contribution in [0.2, 0.25) is 0 Å². The molecule has 1 aromatic heterocycles. The van der Waals surface area contributed by atoms with Gasteiger partial charge in [0.2, 0.25) is 0 Å². The summed E-state index contributed by atoms with van der Waals surface area (Å²) in [4.78, 5) is 0. The lowest BCUT2D eigenvalue weighted by Gasteiger charge is -2.27. The smallest absolute Gasteiger partial charge is 0.370 e. The van der Waals surface area contributed by atoms with E-state index in [9.17, 15) is 0 Å². The normalized spacial score (nSPS) is 11.9. The van der Waals surface area contributed by atoms with Crippen molar-refractivity contribution in [2.45, 2.75) is 20.8 Å². The Labute approximate surface area is 96.4 Å². The minimum absolute atomic E-state index is 0.613. The number of hydrogen-bond donors (Lipinski definition) is 0. The second-order valence-corrected chi connectivity index (χ2v) is 6.20. The van der Waals surface area contributed by atoms with Crippen molar-refractivity contribution in [3.05, 3.63) is 16.8 Å². The molecule has 86 valence electrons. The molecule has 0 radical (unpaired) electrons. The maximum absolute atomic E-state index is 5.76. The molecule has 0 bridgehead atoms. The van der Waals surface area contributed by atoms with Crippen molar-refractivity contribution >= 4 is 25.3 Å². The first-order valence-electron chi connectivity index (χ1n) is 5.23. The molecule has 0 unspecified atom stereocenters. The zero-order chi connectivity index (χ0) is 11.1. The fraction of sp³-hybridized carbons (Fsp3) is 0.600. The Bertz CT molecular complexity index is 247. The Morgan fingerprint density at radius 3 is 1.93 bits per heavy atom. The van der Waals surface area contributed by atoms with Gasteiger partial charge in [-0.15, -0.1) is 0 Å². The second kappa shape index (κ2) is 6.39. The Balaban J connectivity index is 2.90. The van der Waals surface area contributed by atoms with E-state index >= 15 is 0 Å². The van der Waals surface area contributed by atoms with Crippen LogP contribution >= 0.6 is 11.3 Å². The predicted molar refractivity (Wildman–Crippen MR) is 64.6 cm³/mol. The van der Waals surface area contributed by atoms with E-state index in [-0.39, 0.29) is 0 Å². The van der Waals surface area contributed by atoms with Gasteiger partial charge in [-0.2, -0.15) is 11.3 Å². The van der Waals surface area contributed by atoms with Crippen molar-refractivity contribution < 1.29 is 13.3 Å². The summed E-state index contributed by atoms with van der Waals surface area (Å²) in [5.74, 6) is 0. The SMILES string of the molecule is CCO[Si](OCC)(OCC)c1ccsc1. The van der Waals surface area contributed by atoms with Crippen LogP contribution in [0.25, 0.3) is 0 Å². The third-order valence-electron chi connectivity index (χ3n) is 1.88. The first-order valence-corrected chi connectivity index (χ1v) is 7.90. The Morgan fingerprint density at radius 2 is 1.60 bits per heavy atom. The van der Waals surface area contributed by atoms with E-state index in [1.165, 1.54) is 0 Å². The van der Waals surface area contributed by atoms with Crippen LogP contribution in [0.3, 0.4) is 0 Å². The molecule has 0 fully saturated rings. The first-order chi connectivity index (χ1) is 7.29. The second-order valence-electron chi connectivity index (χ2n) is 2.87. The summed E-state index contributed by atoms with van der Waals surface area (Å²) in [5.41, 5.74) is 0. The largest absolute Gasteiger partial charge is 0.538 e. The van der Waals surface area contributed by atoms with Crippen LogP contribution in [-0.2, 0) is 13.3 Å². The molecule has 1 aromatic rings. The highest BCUT2D eigenvalue weighted by atomic mass is 32.1. The van der Waals surface area contributed by atoms with E-state index in [4.69, 9.17) is 13.3 Å². The highest BCUT2D eigenvalue weighted by Gasteiger charge is 2.43. The summed E-state index contributed by atoms with van der Waals surface area (Å²) in [6.45, 7) is 7.73. The highest BCUT2D eigenvalue weighted by Crippen LogP contribution is 2.12. The lowest BCUT2D eigenvalue weighted by Crippen LogP contribution is -2.56. The van der Waals surface area contributed by atoms with E-state index in [1.54, 1.807) is 11.3 Å². The van der Waals surface area contributed by atoms with Crippen molar-refractivity contribution in [1.82, 2.24) is 0 Å². The zero-order valence-electron chi connectivity index (χ0n) is 9.49. The molecule has 0 spiro atoms. The molecule has 1 heterocycles. The maximum atomic E-state index is 5.76. The van der Waals surface area contributed by atoms with E-state index in [1.807, 2.05) is 37.6 Å². The molecule has 0 amide bonds. The fourth-order valence-electron chi connectivity index (χ4n) is 1.38. The summed E-state index contributed by atoms with van der Waals surface area (Å²) in [5, 5.41) is 5.14. The molecule has 3 nitrogen and oxygen atoms in total. The van der Waals surface area contributed by atoms with Gasteiger partial charge < -0.3 is 13.3 Å². The van der Waals surface area contributed by atoms with Crippen molar-refractivity contribution in [3.63, 3.8) is 0 Å². The minimum Gasteiger partial charge on any atom is -0.370 e. The van der Waals surface area contributed by atoms with Gasteiger partial charge in [0.25, 0.3) is 0 Å². The Hall–Kier alpha value is -0.203. The summed E-state index contributed by atoms with van der Waals surface area (Å²) >= 11 is 1.64. The predicted octanol–water partition coefficient (Wildman–Crippen LogP) is 2.00. The molecule has 0 saturated heterocycles. The third-order valence-corrected chi connectivity index (χ3v) is 5.79. The number of thiophene rings is 1. The van der Waals surface area contributed by atoms with Gasteiger partial charge in [0.05, 0.1) is 0 Å². The van der Waals surface area contributed by atoms with Crippen LogP contribution in [0, 0.1) is 0 Å². The van der Waals surface area contributed by atoms with Gasteiger partial charge in [0, 0.05) is 25.0 Å². The van der Waals surface area contributed by atoms with E-state index < -0.39 is 8.80 Å². The van der Waals surface area contributed by atoms with E-state index in [2.05, 4.69) is 0 Å². The van der Waals surface area contributed by atoms with E-state index in [0.29, 0.717) is 19.8 Å². The van der Waals surface area contributed by atoms with Crippen LogP contribution < -0.4 is 5.19 Å². The van der Waals surface area contributed by atoms with Gasteiger partial charge in [-0.05, 0) is 37.6 Å². The van der Waals surface area contributed by atoms with Gasteiger partial charge >= 0.3 is 8.80 Å². The lowest BCUT2D eigenvalue weighted by molar-refractivity contribution is 0.0860. The number of rotatable bonds is 7. The molecule has 0 atom stereocenters. The average molecular weight is 246 g/mol. The molecular formula is C10H18O3SSi. The molecule has 0 saturated carbocycles. The van der Waals surface area contributed by atoms with Crippen LogP contribution in [0.4, 0.5) is 0 Å². The van der Waals surface area contributed by atoms with E-state index in [0.717, 1.165) is 5.19 Å². The summed E-state index contributed by atoms with van der Waals surface area (Å²) < 4.78 is 17.3. The van der Waals surface area contributed by atoms with Crippen molar-refractivity contribution in [2.24, 2.45) is 0 Å². The van der Waals surface area contributed by atoms with Crippen LogP contribution in [-0.4, -0.2) is 28.6 Å². The fourth-order valence-corrected chi connectivity index (χ4v) is 4.99. The van der Waals surface area contributed by atoms with Gasteiger partial charge in [-0.25, -0.2) is 0 Å². The molecule has 5 heteroatoms. The first kappa shape index (κ1) is 12.9. The molecular weight excluding hydrogens is 228 g/mol. The van der Waals surface area contributed by atoms with Crippen LogP contribution in [0.5, 0.6) is 0 Å². The van der Waals surface area contributed by atoms with Gasteiger partial charge in [0.1, 0.15) is 0 Å². The third kappa shape index (κ3) is 3.12. The average Bonchev–Trinajstić information content (AvgIpc) is 2.72. The van der Waals surface area contributed by atoms with Crippen LogP contribution in [0.15, 0.2) is 16.8 Å². The topological polar surface area (TPSA) is 27.7 Å². The van der Waals surface area contributed by atoms with Crippen molar-refractivity contribution in [1.29, 1.82) is 0 Å². The van der Waals surface area contributed by atoms with Crippen molar-refractivity contribution in [3.8, 4) is 0 Å². The van der Waals surface area contributed by atoms with Gasteiger partial charge in [-0.1, -0.05) is 0 Å². The molecule has 0 N–H and O–H groups in total. The van der Waals surface area contributed by atoms with Gasteiger partial charge in [0.15, 0.2) is 0 Å². The zero-order valence-corrected chi connectivity index (χ0v) is 11.3. The molecule has 0 aromatic carbocycles. The summed E-state index contributed by atoms with van der Waals surface area (Å²) in [6, 6.07) is 2.03. The Morgan fingerprint density at radius 1 is 1.07 bits per heavy atom. The quantitative estimate of drug-likeness (QED) is 0.689. The molecule has 1 rings (SSSR count). The lowest BCUT2D eigenvalue weighted by atomic mass is 10.7. The molecule has 0 aliphatic rings. The highest BCUT2D eigenvalue weighted by molar-refractivity contribution is 7.09. The molecule has 0 aliphatic carbocycles. The summed E-state index contributed by atoms with van der Waals surface area (Å²) in [7, 11) is -2.61. The molecule has 0 aliphatic heterocycles. The number of hydrogen-bond acceptors (Lipinski definition) is 4. The molecule has 15 heavy (non-hydrogen) atoms. The van der Waals surface area contributed by atoms with Crippen molar-refractivity contribution in [2.75, 3.05) is 19.8 Å².